The first kappa shape index (κ1) is 50.9. The predicted octanol–water partition coefficient (Wildman–Crippen LogP) is 13.0. The van der Waals surface area contributed by atoms with E-state index in [2.05, 4.69) is 32.3 Å². The van der Waals surface area contributed by atoms with Gasteiger partial charge < -0.3 is 24.6 Å². The van der Waals surface area contributed by atoms with Crippen LogP contribution in [-0.2, 0) is 14.3 Å². The molecular weight excluding hydrogens is 647 g/mol. The van der Waals surface area contributed by atoms with Crippen LogP contribution in [0.4, 0.5) is 0 Å². The number of aliphatic hydroxyl groups excluding tert-OH is 2. The van der Waals surface area contributed by atoms with Crippen molar-refractivity contribution in [1.29, 1.82) is 0 Å². The zero-order valence-electron chi connectivity index (χ0n) is 35.3. The van der Waals surface area contributed by atoms with Gasteiger partial charge in [-0.05, 0) is 70.9 Å². The molecule has 0 aliphatic rings. The van der Waals surface area contributed by atoms with Crippen molar-refractivity contribution < 1.29 is 24.5 Å². The molecule has 0 amide bonds. The summed E-state index contributed by atoms with van der Waals surface area (Å²) in [6.45, 7) is 14.0. The van der Waals surface area contributed by atoms with Crippen molar-refractivity contribution in [3.8, 4) is 0 Å². The number of rotatable bonds is 43. The van der Waals surface area contributed by atoms with Gasteiger partial charge in [0.15, 0.2) is 0 Å². The molecule has 310 valence electrons. The molecule has 0 spiro atoms. The second kappa shape index (κ2) is 41.1. The molecule has 0 saturated carbocycles. The largest absolute Gasteiger partial charge is 0.495 e. The number of allylic oxidation sites excluding steroid dienone is 1. The van der Waals surface area contributed by atoms with Crippen molar-refractivity contribution in [1.82, 2.24) is 4.90 Å². The van der Waals surface area contributed by atoms with E-state index in [0.717, 1.165) is 83.1 Å². The van der Waals surface area contributed by atoms with Crippen LogP contribution in [0.2, 0.25) is 0 Å². The van der Waals surface area contributed by atoms with Crippen molar-refractivity contribution >= 4 is 5.97 Å². The molecule has 52 heavy (non-hydrogen) atoms. The van der Waals surface area contributed by atoms with Gasteiger partial charge in [0.25, 0.3) is 0 Å². The number of hydrogen-bond donors (Lipinski definition) is 2. The Morgan fingerprint density at radius 2 is 0.962 bits per heavy atom. The first-order valence-corrected chi connectivity index (χ1v) is 23.0. The predicted molar refractivity (Wildman–Crippen MR) is 224 cm³/mol. The van der Waals surface area contributed by atoms with E-state index in [0.29, 0.717) is 25.7 Å². The van der Waals surface area contributed by atoms with Gasteiger partial charge in [0.1, 0.15) is 0 Å². The SMILES string of the molecule is C=C(CCCCCCCN(CCCCCCCC(=O)OCCCCCCCCC)CC(O)CO)OC(CCCCCCCC)CCCCCCCC. The molecule has 0 rings (SSSR count). The molecule has 0 aliphatic carbocycles. The number of aliphatic hydroxyl groups is 2. The van der Waals surface area contributed by atoms with Crippen LogP contribution in [0.1, 0.15) is 233 Å². The summed E-state index contributed by atoms with van der Waals surface area (Å²) < 4.78 is 11.9. The molecule has 0 aromatic heterocycles. The molecule has 6 heteroatoms. The molecule has 0 aromatic rings. The fraction of sp³-hybridized carbons (Fsp3) is 0.935. The standard InChI is InChI=1S/C46H91NO5/c1-5-8-11-14-17-26-33-40-51-46(50)37-30-23-19-25-32-39-47(41-44(49)42-48)38-31-24-18-20-27-34-43(4)52-45(35-28-21-15-12-9-6-2)36-29-22-16-13-10-7-3/h44-45,48-49H,4-42H2,1-3H3. The van der Waals surface area contributed by atoms with Gasteiger partial charge in [0.2, 0.25) is 0 Å². The average Bonchev–Trinajstić information content (AvgIpc) is 3.14. The molecule has 0 fully saturated rings. The van der Waals surface area contributed by atoms with Crippen molar-refractivity contribution in [2.24, 2.45) is 0 Å². The summed E-state index contributed by atoms with van der Waals surface area (Å²) >= 11 is 0. The fourth-order valence-corrected chi connectivity index (χ4v) is 7.15. The molecule has 0 saturated heterocycles. The third kappa shape index (κ3) is 37.2. The van der Waals surface area contributed by atoms with Crippen molar-refractivity contribution in [2.75, 3.05) is 32.8 Å². The van der Waals surface area contributed by atoms with Crippen molar-refractivity contribution in [3.05, 3.63) is 12.3 Å². The molecule has 6 nitrogen and oxygen atoms in total. The maximum atomic E-state index is 12.0. The Hall–Kier alpha value is -1.11. The Kier molecular flexibility index (Phi) is 40.2. The smallest absolute Gasteiger partial charge is 0.305 e. The average molecular weight is 738 g/mol. The number of carbonyl (C=O) groups excluding carboxylic acids is 1. The lowest BCUT2D eigenvalue weighted by atomic mass is 10.0. The Labute approximate surface area is 324 Å². The minimum Gasteiger partial charge on any atom is -0.495 e. The van der Waals surface area contributed by atoms with E-state index in [-0.39, 0.29) is 12.6 Å². The van der Waals surface area contributed by atoms with E-state index >= 15 is 0 Å². The molecule has 0 aliphatic heterocycles. The number of nitrogens with zero attached hydrogens (tertiary/aromatic N) is 1. The Bertz CT molecular complexity index is 730. The highest BCUT2D eigenvalue weighted by Gasteiger charge is 2.13. The lowest BCUT2D eigenvalue weighted by Gasteiger charge is -2.24. The van der Waals surface area contributed by atoms with Crippen LogP contribution < -0.4 is 0 Å². The number of carbonyl (C=O) groups is 1. The molecule has 0 bridgehead atoms. The topological polar surface area (TPSA) is 79.2 Å². The van der Waals surface area contributed by atoms with E-state index in [1.54, 1.807) is 0 Å². The molecule has 0 heterocycles. The molecule has 0 radical (unpaired) electrons. The van der Waals surface area contributed by atoms with Crippen molar-refractivity contribution in [2.45, 2.75) is 245 Å². The van der Waals surface area contributed by atoms with E-state index in [4.69, 9.17) is 9.47 Å². The van der Waals surface area contributed by atoms with Crippen LogP contribution in [0.3, 0.4) is 0 Å². The summed E-state index contributed by atoms with van der Waals surface area (Å²) in [7, 11) is 0. The van der Waals surface area contributed by atoms with Crippen LogP contribution in [0, 0.1) is 0 Å². The third-order valence-electron chi connectivity index (χ3n) is 10.6. The maximum Gasteiger partial charge on any atom is 0.305 e. The molecule has 0 aromatic carbocycles. The van der Waals surface area contributed by atoms with Gasteiger partial charge in [-0.3, -0.25) is 4.79 Å². The van der Waals surface area contributed by atoms with Gasteiger partial charge in [-0.25, -0.2) is 0 Å². The Balaban J connectivity index is 4.12. The summed E-state index contributed by atoms with van der Waals surface area (Å²) in [5.41, 5.74) is 0. The second-order valence-electron chi connectivity index (χ2n) is 15.9. The monoisotopic (exact) mass is 738 g/mol. The van der Waals surface area contributed by atoms with E-state index < -0.39 is 6.10 Å². The summed E-state index contributed by atoms with van der Waals surface area (Å²) in [6, 6.07) is 0. The first-order chi connectivity index (χ1) is 25.5. The van der Waals surface area contributed by atoms with E-state index in [1.165, 1.54) is 141 Å². The zero-order valence-corrected chi connectivity index (χ0v) is 35.3. The summed E-state index contributed by atoms with van der Waals surface area (Å²) in [5.74, 6) is 0.949. The highest BCUT2D eigenvalue weighted by molar-refractivity contribution is 5.69. The normalized spacial score (nSPS) is 12.2. The van der Waals surface area contributed by atoms with Crippen LogP contribution >= 0.6 is 0 Å². The van der Waals surface area contributed by atoms with E-state index in [9.17, 15) is 15.0 Å². The molecular formula is C46H91NO5. The van der Waals surface area contributed by atoms with E-state index in [1.807, 2.05) is 0 Å². The summed E-state index contributed by atoms with van der Waals surface area (Å²) in [4.78, 5) is 14.3. The highest BCUT2D eigenvalue weighted by atomic mass is 16.5. The van der Waals surface area contributed by atoms with Gasteiger partial charge in [-0.2, -0.15) is 0 Å². The Morgan fingerprint density at radius 1 is 0.558 bits per heavy atom. The number of hydrogen-bond acceptors (Lipinski definition) is 6. The first-order valence-electron chi connectivity index (χ1n) is 23.0. The fourth-order valence-electron chi connectivity index (χ4n) is 7.15. The van der Waals surface area contributed by atoms with Gasteiger partial charge in [-0.1, -0.05) is 169 Å². The second-order valence-corrected chi connectivity index (χ2v) is 15.9. The number of unbranched alkanes of at least 4 members (excludes halogenated alkanes) is 24. The molecule has 2 N–H and O–H groups in total. The van der Waals surface area contributed by atoms with Gasteiger partial charge in [-0.15, -0.1) is 0 Å². The minimum absolute atomic E-state index is 0.0420. The third-order valence-corrected chi connectivity index (χ3v) is 10.6. The molecule has 1 unspecified atom stereocenters. The van der Waals surface area contributed by atoms with Crippen LogP contribution in [0.15, 0.2) is 12.3 Å². The van der Waals surface area contributed by atoms with Gasteiger partial charge >= 0.3 is 5.97 Å². The lowest BCUT2D eigenvalue weighted by Crippen LogP contribution is -2.35. The summed E-state index contributed by atoms with van der Waals surface area (Å²) in [5, 5.41) is 19.5. The summed E-state index contributed by atoms with van der Waals surface area (Å²) in [6.07, 6.45) is 39.3. The Morgan fingerprint density at radius 3 is 1.44 bits per heavy atom. The van der Waals surface area contributed by atoms with Gasteiger partial charge in [0.05, 0.1) is 31.2 Å². The van der Waals surface area contributed by atoms with Crippen LogP contribution in [-0.4, -0.2) is 66.1 Å². The van der Waals surface area contributed by atoms with Crippen LogP contribution in [0.5, 0.6) is 0 Å². The maximum absolute atomic E-state index is 12.0. The van der Waals surface area contributed by atoms with Gasteiger partial charge in [0, 0.05) is 19.4 Å². The highest BCUT2D eigenvalue weighted by Crippen LogP contribution is 2.21. The molecule has 1 atom stereocenters. The van der Waals surface area contributed by atoms with Crippen LogP contribution in [0.25, 0.3) is 0 Å². The lowest BCUT2D eigenvalue weighted by molar-refractivity contribution is -0.143. The number of ether oxygens (including phenoxy) is 2. The van der Waals surface area contributed by atoms with Crippen molar-refractivity contribution in [3.63, 3.8) is 0 Å². The minimum atomic E-state index is -0.677. The quantitative estimate of drug-likeness (QED) is 0.0368. The zero-order chi connectivity index (χ0) is 38.2. The number of esters is 1.